The molecule has 1 rings (SSSR count). The van der Waals surface area contributed by atoms with Crippen LogP contribution in [0.1, 0.15) is 0 Å². The zero-order valence-electron chi connectivity index (χ0n) is 7.93. The normalized spacial score (nSPS) is 8.71. The van der Waals surface area contributed by atoms with E-state index in [1.54, 1.807) is 31.4 Å². The van der Waals surface area contributed by atoms with Gasteiger partial charge in [-0.1, -0.05) is 0 Å². The Hall–Kier alpha value is -1.42. The first kappa shape index (κ1) is 12.6. The van der Waals surface area contributed by atoms with Crippen molar-refractivity contribution in [1.29, 1.82) is 0 Å². The molecule has 0 spiro atoms. The molecule has 4 nitrogen and oxygen atoms in total. The van der Waals surface area contributed by atoms with Crippen molar-refractivity contribution in [3.63, 3.8) is 0 Å². The molecular weight excluding hydrogens is 206 g/mol. The van der Waals surface area contributed by atoms with Gasteiger partial charge in [-0.2, -0.15) is 0 Å². The summed E-state index contributed by atoms with van der Waals surface area (Å²) in [7, 11) is 3.06. The Labute approximate surface area is 88.5 Å². The number of nitrogens with zero attached hydrogens (tertiary/aromatic N) is 1. The Bertz CT molecular complexity index is 299. The van der Waals surface area contributed by atoms with E-state index in [1.807, 2.05) is 0 Å². The minimum atomic E-state index is -0.981. The molecule has 0 aliphatic carbocycles. The molecule has 1 amide bonds. The van der Waals surface area contributed by atoms with Crippen LogP contribution in [0.5, 0.6) is 5.75 Å². The molecule has 0 aromatic heterocycles. The highest BCUT2D eigenvalue weighted by Crippen LogP contribution is 2.17. The molecule has 0 radical (unpaired) electrons. The fourth-order valence-electron chi connectivity index (χ4n) is 0.916. The monoisotopic (exact) mass is 217 g/mol. The van der Waals surface area contributed by atoms with Crippen LogP contribution in [-0.2, 0) is 0 Å². The smallest absolute Gasteiger partial charge is 0.411 e. The molecule has 0 fully saturated rings. The number of rotatable bonds is 2. The van der Waals surface area contributed by atoms with E-state index in [0.29, 0.717) is 11.4 Å². The number of anilines is 1. The Morgan fingerprint density at radius 1 is 1.36 bits per heavy atom. The average Bonchev–Trinajstić information content (AvgIpc) is 2.17. The van der Waals surface area contributed by atoms with Crippen molar-refractivity contribution in [3.8, 4) is 5.75 Å². The van der Waals surface area contributed by atoms with Gasteiger partial charge in [0, 0.05) is 12.7 Å². The van der Waals surface area contributed by atoms with Gasteiger partial charge in [-0.15, -0.1) is 12.4 Å². The lowest BCUT2D eigenvalue weighted by Crippen LogP contribution is -2.23. The average molecular weight is 218 g/mol. The summed E-state index contributed by atoms with van der Waals surface area (Å²) >= 11 is 0. The first-order chi connectivity index (χ1) is 6.15. The van der Waals surface area contributed by atoms with Gasteiger partial charge in [0.15, 0.2) is 0 Å². The Balaban J connectivity index is 0.00000169. The number of methoxy groups -OCH3 is 1. The minimum Gasteiger partial charge on any atom is -0.497 e. The Kier molecular flexibility index (Phi) is 4.80. The van der Waals surface area contributed by atoms with Gasteiger partial charge in [-0.05, 0) is 24.3 Å². The van der Waals surface area contributed by atoms with Crippen LogP contribution in [0.4, 0.5) is 10.5 Å². The zero-order valence-corrected chi connectivity index (χ0v) is 8.75. The van der Waals surface area contributed by atoms with Crippen LogP contribution < -0.4 is 9.64 Å². The second-order valence-electron chi connectivity index (χ2n) is 2.54. The van der Waals surface area contributed by atoms with Gasteiger partial charge in [0.25, 0.3) is 0 Å². The first-order valence-electron chi connectivity index (χ1n) is 3.76. The Morgan fingerprint density at radius 2 is 1.86 bits per heavy atom. The van der Waals surface area contributed by atoms with E-state index in [1.165, 1.54) is 7.05 Å². The molecular formula is C9H12ClNO3. The summed E-state index contributed by atoms with van der Waals surface area (Å²) in [4.78, 5) is 11.7. The van der Waals surface area contributed by atoms with Crippen molar-refractivity contribution >= 4 is 24.2 Å². The van der Waals surface area contributed by atoms with Gasteiger partial charge in [-0.3, -0.25) is 4.90 Å². The van der Waals surface area contributed by atoms with Gasteiger partial charge in [0.1, 0.15) is 5.75 Å². The molecule has 5 heteroatoms. The van der Waals surface area contributed by atoms with Crippen LogP contribution in [0.25, 0.3) is 0 Å². The zero-order chi connectivity index (χ0) is 9.84. The molecule has 1 aromatic rings. The maximum atomic E-state index is 10.5. The highest BCUT2D eigenvalue weighted by molar-refractivity contribution is 5.85. The highest BCUT2D eigenvalue weighted by atomic mass is 35.5. The van der Waals surface area contributed by atoms with Gasteiger partial charge in [0.05, 0.1) is 7.11 Å². The molecule has 78 valence electrons. The number of benzene rings is 1. The molecule has 0 bridgehead atoms. The third kappa shape index (κ3) is 2.81. The van der Waals surface area contributed by atoms with Crippen molar-refractivity contribution < 1.29 is 14.6 Å². The Morgan fingerprint density at radius 3 is 2.21 bits per heavy atom. The van der Waals surface area contributed by atoms with Crippen molar-refractivity contribution in [3.05, 3.63) is 24.3 Å². The summed E-state index contributed by atoms with van der Waals surface area (Å²) in [6.45, 7) is 0. The van der Waals surface area contributed by atoms with Crippen LogP contribution >= 0.6 is 12.4 Å². The summed E-state index contributed by atoms with van der Waals surface area (Å²) in [5.74, 6) is 0.711. The van der Waals surface area contributed by atoms with Crippen LogP contribution in [0.15, 0.2) is 24.3 Å². The number of halogens is 1. The molecule has 1 N–H and O–H groups in total. The lowest BCUT2D eigenvalue weighted by atomic mass is 10.3. The number of ether oxygens (including phenoxy) is 1. The largest absolute Gasteiger partial charge is 0.497 e. The lowest BCUT2D eigenvalue weighted by molar-refractivity contribution is 0.203. The molecule has 0 atom stereocenters. The van der Waals surface area contributed by atoms with E-state index in [-0.39, 0.29) is 12.4 Å². The van der Waals surface area contributed by atoms with Crippen LogP contribution in [0.2, 0.25) is 0 Å². The van der Waals surface area contributed by atoms with Gasteiger partial charge < -0.3 is 9.84 Å². The summed E-state index contributed by atoms with van der Waals surface area (Å²) in [6.07, 6.45) is -0.981. The van der Waals surface area contributed by atoms with Crippen LogP contribution in [-0.4, -0.2) is 25.4 Å². The number of carboxylic acid groups (broad SMARTS) is 1. The molecule has 0 saturated carbocycles. The SMILES string of the molecule is COc1ccc(N(C)C(=O)O)cc1.Cl. The van der Waals surface area contributed by atoms with E-state index in [4.69, 9.17) is 9.84 Å². The summed E-state index contributed by atoms with van der Waals surface area (Å²) in [5.41, 5.74) is 0.619. The topological polar surface area (TPSA) is 49.8 Å². The number of amides is 1. The van der Waals surface area contributed by atoms with Gasteiger partial charge in [-0.25, -0.2) is 4.79 Å². The summed E-state index contributed by atoms with van der Waals surface area (Å²) in [6, 6.07) is 6.81. The van der Waals surface area contributed by atoms with E-state index >= 15 is 0 Å². The van der Waals surface area contributed by atoms with E-state index in [2.05, 4.69) is 0 Å². The molecule has 0 unspecified atom stereocenters. The van der Waals surface area contributed by atoms with Gasteiger partial charge in [0.2, 0.25) is 0 Å². The fourth-order valence-corrected chi connectivity index (χ4v) is 0.916. The predicted octanol–water partition coefficient (Wildman–Crippen LogP) is 2.23. The molecule has 0 saturated heterocycles. The van der Waals surface area contributed by atoms with Crippen molar-refractivity contribution in [2.75, 3.05) is 19.1 Å². The summed E-state index contributed by atoms with van der Waals surface area (Å²) in [5, 5.41) is 8.66. The van der Waals surface area contributed by atoms with Crippen molar-refractivity contribution in [2.45, 2.75) is 0 Å². The second kappa shape index (κ2) is 5.34. The van der Waals surface area contributed by atoms with Crippen LogP contribution in [0.3, 0.4) is 0 Å². The maximum Gasteiger partial charge on any atom is 0.411 e. The number of hydrogen-bond acceptors (Lipinski definition) is 2. The molecule has 14 heavy (non-hydrogen) atoms. The van der Waals surface area contributed by atoms with E-state index in [0.717, 1.165) is 4.90 Å². The van der Waals surface area contributed by atoms with E-state index < -0.39 is 6.09 Å². The quantitative estimate of drug-likeness (QED) is 0.827. The minimum absolute atomic E-state index is 0. The third-order valence-corrected chi connectivity index (χ3v) is 1.75. The molecule has 0 heterocycles. The third-order valence-electron chi connectivity index (χ3n) is 1.75. The number of hydrogen-bond donors (Lipinski definition) is 1. The second-order valence-corrected chi connectivity index (χ2v) is 2.54. The summed E-state index contributed by atoms with van der Waals surface area (Å²) < 4.78 is 4.94. The number of carbonyl (C=O) groups is 1. The predicted molar refractivity (Wildman–Crippen MR) is 56.7 cm³/mol. The fraction of sp³-hybridized carbons (Fsp3) is 0.222. The maximum absolute atomic E-state index is 10.5. The van der Waals surface area contributed by atoms with Gasteiger partial charge >= 0.3 is 6.09 Å². The molecule has 1 aromatic carbocycles. The van der Waals surface area contributed by atoms with Crippen molar-refractivity contribution in [1.82, 2.24) is 0 Å². The first-order valence-corrected chi connectivity index (χ1v) is 3.76. The van der Waals surface area contributed by atoms with Crippen LogP contribution in [0, 0.1) is 0 Å². The standard InChI is InChI=1S/C9H11NO3.ClH/c1-10(9(11)12)7-3-5-8(13-2)6-4-7;/h3-6H,1-2H3,(H,11,12);1H. The van der Waals surface area contributed by atoms with Crippen molar-refractivity contribution in [2.24, 2.45) is 0 Å². The lowest BCUT2D eigenvalue weighted by Gasteiger charge is -2.12. The molecule has 0 aliphatic heterocycles. The highest BCUT2D eigenvalue weighted by Gasteiger charge is 2.07. The molecule has 0 aliphatic rings. The van der Waals surface area contributed by atoms with E-state index in [9.17, 15) is 4.79 Å².